The van der Waals surface area contributed by atoms with Crippen LogP contribution in [0.15, 0.2) is 54.2 Å². The molecule has 0 atom stereocenters. The predicted molar refractivity (Wildman–Crippen MR) is 93.0 cm³/mol. The van der Waals surface area contributed by atoms with Crippen LogP contribution in [0.25, 0.3) is 6.08 Å². The fraction of sp³-hybridized carbons (Fsp3) is 0.105. The summed E-state index contributed by atoms with van der Waals surface area (Å²) in [5, 5.41) is 0. The summed E-state index contributed by atoms with van der Waals surface area (Å²) in [7, 11) is 0. The molecule has 1 heterocycles. The molecule has 126 valence electrons. The Morgan fingerprint density at radius 1 is 1.12 bits per heavy atom. The zero-order valence-corrected chi connectivity index (χ0v) is 13.6. The number of ketones is 1. The van der Waals surface area contributed by atoms with Crippen LogP contribution in [0.1, 0.15) is 22.8 Å². The van der Waals surface area contributed by atoms with Crippen molar-refractivity contribution in [1.82, 2.24) is 0 Å². The van der Waals surface area contributed by atoms with Crippen molar-refractivity contribution >= 4 is 29.4 Å². The number of anilines is 1. The molecule has 6 heteroatoms. The minimum Gasteiger partial charge on any atom is -0.484 e. The van der Waals surface area contributed by atoms with Crippen molar-refractivity contribution in [3.8, 4) is 5.75 Å². The number of hydrogen-bond acceptors (Lipinski definition) is 4. The van der Waals surface area contributed by atoms with Gasteiger partial charge in [0.15, 0.2) is 6.61 Å². The quantitative estimate of drug-likeness (QED) is 0.866. The van der Waals surface area contributed by atoms with Gasteiger partial charge in [-0.25, -0.2) is 0 Å². The predicted octanol–water partition coefficient (Wildman–Crippen LogP) is 2.14. The highest BCUT2D eigenvalue weighted by Crippen LogP contribution is 2.35. The molecule has 0 fully saturated rings. The standard InChI is InChI=1S/C19H16N2O4/c1-12(22)21-16-5-3-2-4-15(16)19(24)17(21)10-13-6-8-14(9-7-13)25-11-18(20)23/h2-10H,11H2,1H3,(H2,20,23)/b17-10-. The number of primary amides is 1. The van der Waals surface area contributed by atoms with Crippen molar-refractivity contribution in [1.29, 1.82) is 0 Å². The number of carbonyl (C=O) groups is 3. The Morgan fingerprint density at radius 3 is 2.44 bits per heavy atom. The normalized spacial score (nSPS) is 14.5. The first-order chi connectivity index (χ1) is 12.0. The van der Waals surface area contributed by atoms with E-state index in [0.717, 1.165) is 5.56 Å². The van der Waals surface area contributed by atoms with Crippen LogP contribution < -0.4 is 15.4 Å². The number of allylic oxidation sites excluding steroid dienone is 1. The number of hydrogen-bond donors (Lipinski definition) is 1. The fourth-order valence-electron chi connectivity index (χ4n) is 2.67. The lowest BCUT2D eigenvalue weighted by Gasteiger charge is -2.16. The first-order valence-electron chi connectivity index (χ1n) is 7.64. The number of fused-ring (bicyclic) bond motifs is 1. The van der Waals surface area contributed by atoms with Gasteiger partial charge >= 0.3 is 0 Å². The first kappa shape index (κ1) is 16.4. The molecule has 2 amide bonds. The largest absolute Gasteiger partial charge is 0.484 e. The zero-order chi connectivity index (χ0) is 18.0. The van der Waals surface area contributed by atoms with Crippen molar-refractivity contribution in [2.45, 2.75) is 6.92 Å². The number of nitrogens with zero attached hydrogens (tertiary/aromatic N) is 1. The van der Waals surface area contributed by atoms with Crippen LogP contribution in [0.5, 0.6) is 5.75 Å². The van der Waals surface area contributed by atoms with Crippen molar-refractivity contribution < 1.29 is 19.1 Å². The molecule has 0 saturated heterocycles. The molecule has 1 aliphatic heterocycles. The van der Waals surface area contributed by atoms with E-state index in [1.54, 1.807) is 54.6 Å². The maximum Gasteiger partial charge on any atom is 0.255 e. The third-order valence-corrected chi connectivity index (χ3v) is 3.74. The first-order valence-corrected chi connectivity index (χ1v) is 7.64. The van der Waals surface area contributed by atoms with E-state index in [2.05, 4.69) is 0 Å². The maximum absolute atomic E-state index is 12.6. The van der Waals surface area contributed by atoms with Gasteiger partial charge in [0.05, 0.1) is 11.4 Å². The molecule has 25 heavy (non-hydrogen) atoms. The minimum absolute atomic E-state index is 0.195. The highest BCUT2D eigenvalue weighted by atomic mass is 16.5. The van der Waals surface area contributed by atoms with Gasteiger partial charge in [0.25, 0.3) is 5.91 Å². The molecule has 0 spiro atoms. The summed E-state index contributed by atoms with van der Waals surface area (Å²) >= 11 is 0. The highest BCUT2D eigenvalue weighted by molar-refractivity contribution is 6.26. The van der Waals surface area contributed by atoms with Crippen molar-refractivity contribution in [2.24, 2.45) is 5.73 Å². The van der Waals surface area contributed by atoms with Crippen LogP contribution in [-0.2, 0) is 9.59 Å². The molecule has 0 aromatic heterocycles. The topological polar surface area (TPSA) is 89.7 Å². The number of rotatable bonds is 4. The molecule has 3 rings (SSSR count). The number of nitrogens with two attached hydrogens (primary N) is 1. The summed E-state index contributed by atoms with van der Waals surface area (Å²) in [5.41, 5.74) is 7.16. The monoisotopic (exact) mass is 336 g/mol. The molecule has 6 nitrogen and oxygen atoms in total. The van der Waals surface area contributed by atoms with Gasteiger partial charge in [-0.05, 0) is 35.9 Å². The van der Waals surface area contributed by atoms with Crippen molar-refractivity contribution in [3.05, 3.63) is 65.4 Å². The smallest absolute Gasteiger partial charge is 0.255 e. The zero-order valence-electron chi connectivity index (χ0n) is 13.6. The molecule has 0 bridgehead atoms. The van der Waals surface area contributed by atoms with E-state index >= 15 is 0 Å². The van der Waals surface area contributed by atoms with Crippen LogP contribution in [0, 0.1) is 0 Å². The molecular formula is C19H16N2O4. The summed E-state index contributed by atoms with van der Waals surface area (Å²) in [6, 6.07) is 13.8. The maximum atomic E-state index is 12.6. The number of Topliss-reactive ketones (excluding diaryl/α,β-unsaturated/α-hetero) is 1. The van der Waals surface area contributed by atoms with E-state index in [-0.39, 0.29) is 18.3 Å². The Hall–Kier alpha value is -3.41. The van der Waals surface area contributed by atoms with E-state index in [1.807, 2.05) is 0 Å². The molecule has 2 N–H and O–H groups in total. The Kier molecular flexibility index (Phi) is 4.35. The average Bonchev–Trinajstić information content (AvgIpc) is 2.87. The molecule has 2 aromatic rings. The van der Waals surface area contributed by atoms with Crippen LogP contribution in [-0.4, -0.2) is 24.2 Å². The molecule has 0 radical (unpaired) electrons. The second-order valence-corrected chi connectivity index (χ2v) is 5.55. The van der Waals surface area contributed by atoms with E-state index in [0.29, 0.717) is 22.7 Å². The van der Waals surface area contributed by atoms with Crippen LogP contribution in [0.3, 0.4) is 0 Å². The Bertz CT molecular complexity index is 885. The molecule has 1 aliphatic rings. The summed E-state index contributed by atoms with van der Waals surface area (Å²) < 4.78 is 5.20. The number of carbonyl (C=O) groups excluding carboxylic acids is 3. The summed E-state index contributed by atoms with van der Waals surface area (Å²) in [6.07, 6.45) is 1.65. The van der Waals surface area contributed by atoms with Gasteiger partial charge in [-0.1, -0.05) is 24.3 Å². The highest BCUT2D eigenvalue weighted by Gasteiger charge is 2.34. The number of ether oxygens (including phenoxy) is 1. The van der Waals surface area contributed by atoms with E-state index in [9.17, 15) is 14.4 Å². The Labute approximate surface area is 144 Å². The van der Waals surface area contributed by atoms with E-state index < -0.39 is 5.91 Å². The lowest BCUT2D eigenvalue weighted by molar-refractivity contribution is -0.120. The number of amides is 2. The average molecular weight is 336 g/mol. The molecular weight excluding hydrogens is 320 g/mol. The van der Waals surface area contributed by atoms with Gasteiger partial charge in [-0.15, -0.1) is 0 Å². The third-order valence-electron chi connectivity index (χ3n) is 3.74. The molecule has 2 aromatic carbocycles. The van der Waals surface area contributed by atoms with Gasteiger partial charge in [-0.3, -0.25) is 19.3 Å². The SMILES string of the molecule is CC(=O)N1/C(=C\c2ccc(OCC(N)=O)cc2)C(=O)c2ccccc21. The second kappa shape index (κ2) is 6.60. The lowest BCUT2D eigenvalue weighted by atomic mass is 10.1. The molecule has 0 unspecified atom stereocenters. The van der Waals surface area contributed by atoms with Crippen LogP contribution in [0.2, 0.25) is 0 Å². The minimum atomic E-state index is -0.558. The van der Waals surface area contributed by atoms with Crippen LogP contribution in [0.4, 0.5) is 5.69 Å². The van der Waals surface area contributed by atoms with Gasteiger partial charge in [0, 0.05) is 12.5 Å². The van der Waals surface area contributed by atoms with E-state index in [1.165, 1.54) is 11.8 Å². The van der Waals surface area contributed by atoms with Gasteiger partial charge < -0.3 is 10.5 Å². The summed E-state index contributed by atoms with van der Waals surface area (Å²) in [4.78, 5) is 36.8. The van der Waals surface area contributed by atoms with Gasteiger partial charge in [0.2, 0.25) is 11.7 Å². The fourth-order valence-corrected chi connectivity index (χ4v) is 2.67. The van der Waals surface area contributed by atoms with Gasteiger partial charge in [0.1, 0.15) is 5.75 Å². The van der Waals surface area contributed by atoms with E-state index in [4.69, 9.17) is 10.5 Å². The second-order valence-electron chi connectivity index (χ2n) is 5.55. The van der Waals surface area contributed by atoms with Crippen LogP contribution >= 0.6 is 0 Å². The van der Waals surface area contributed by atoms with Gasteiger partial charge in [-0.2, -0.15) is 0 Å². The molecule has 0 saturated carbocycles. The molecule has 0 aliphatic carbocycles. The third kappa shape index (κ3) is 3.28. The van der Waals surface area contributed by atoms with Crippen molar-refractivity contribution in [2.75, 3.05) is 11.5 Å². The van der Waals surface area contributed by atoms with Crippen molar-refractivity contribution in [3.63, 3.8) is 0 Å². The lowest BCUT2D eigenvalue weighted by Crippen LogP contribution is -2.25. The summed E-state index contributed by atoms with van der Waals surface area (Å²) in [6.45, 7) is 1.22. The Balaban J connectivity index is 1.91. The number of para-hydroxylation sites is 1. The summed E-state index contributed by atoms with van der Waals surface area (Å²) in [5.74, 6) is -0.492. The Morgan fingerprint density at radius 2 is 1.80 bits per heavy atom. The number of benzene rings is 2.